The number of carboxylic acids is 1. The summed E-state index contributed by atoms with van der Waals surface area (Å²) in [6.07, 6.45) is 0.788. The van der Waals surface area contributed by atoms with E-state index in [9.17, 15) is 19.1 Å². The third-order valence-electron chi connectivity index (χ3n) is 4.07. The molecule has 1 aromatic heterocycles. The van der Waals surface area contributed by atoms with E-state index in [1.807, 2.05) is 0 Å². The Kier molecular flexibility index (Phi) is 3.81. The van der Waals surface area contributed by atoms with Crippen LogP contribution in [0.2, 0.25) is 0 Å². The third kappa shape index (κ3) is 2.57. The van der Waals surface area contributed by atoms with Gasteiger partial charge in [-0.1, -0.05) is 0 Å². The number of aliphatic hydroxyl groups excluding tert-OH is 1. The Morgan fingerprint density at radius 3 is 2.83 bits per heavy atom. The Morgan fingerprint density at radius 2 is 2.22 bits per heavy atom. The Balaban J connectivity index is 2.07. The fraction of sp³-hybridized carbons (Fsp3) is 0.250. The number of nitrogens with zero attached hydrogens (tertiary/aromatic N) is 1. The second-order valence-electron chi connectivity index (χ2n) is 5.43. The highest BCUT2D eigenvalue weighted by Crippen LogP contribution is 2.42. The molecule has 1 aliphatic heterocycles. The van der Waals surface area contributed by atoms with Gasteiger partial charge in [-0.05, 0) is 35.6 Å². The zero-order chi connectivity index (χ0) is 16.7. The summed E-state index contributed by atoms with van der Waals surface area (Å²) in [4.78, 5) is 25.3. The molecule has 2 heterocycles. The van der Waals surface area contributed by atoms with Gasteiger partial charge in [0.2, 0.25) is 0 Å². The summed E-state index contributed by atoms with van der Waals surface area (Å²) < 4.78 is 13.8. The largest absolute Gasteiger partial charge is 0.505 e. The first-order chi connectivity index (χ1) is 10.9. The SMILES string of the molecule is CC1=C(CC(=O)O)C2=CC(O)=C(F)CC2N1C(=O)c1ccsc1. The first kappa shape index (κ1) is 15.5. The molecule has 0 saturated carbocycles. The van der Waals surface area contributed by atoms with Gasteiger partial charge in [-0.15, -0.1) is 0 Å². The second-order valence-corrected chi connectivity index (χ2v) is 6.21. The van der Waals surface area contributed by atoms with Crippen LogP contribution in [0.1, 0.15) is 30.1 Å². The number of aliphatic hydroxyl groups is 1. The molecule has 7 heteroatoms. The van der Waals surface area contributed by atoms with Crippen molar-refractivity contribution in [1.29, 1.82) is 0 Å². The molecule has 1 aromatic rings. The average molecular weight is 335 g/mol. The fourth-order valence-corrected chi connectivity index (χ4v) is 3.64. The highest BCUT2D eigenvalue weighted by molar-refractivity contribution is 7.08. The molecule has 0 spiro atoms. The summed E-state index contributed by atoms with van der Waals surface area (Å²) >= 11 is 1.37. The van der Waals surface area contributed by atoms with Crippen molar-refractivity contribution < 1.29 is 24.2 Å². The van der Waals surface area contributed by atoms with Crippen molar-refractivity contribution in [2.45, 2.75) is 25.8 Å². The smallest absolute Gasteiger partial charge is 0.307 e. The van der Waals surface area contributed by atoms with Crippen molar-refractivity contribution in [2.24, 2.45) is 0 Å². The number of thiophene rings is 1. The summed E-state index contributed by atoms with van der Waals surface area (Å²) in [5.41, 5.74) is 1.91. The lowest BCUT2D eigenvalue weighted by molar-refractivity contribution is -0.136. The molecule has 0 bridgehead atoms. The van der Waals surface area contributed by atoms with Crippen LogP contribution in [-0.2, 0) is 4.79 Å². The highest BCUT2D eigenvalue weighted by atomic mass is 32.1. The lowest BCUT2D eigenvalue weighted by Gasteiger charge is -2.28. The van der Waals surface area contributed by atoms with Crippen LogP contribution in [-0.4, -0.2) is 33.0 Å². The molecule has 0 fully saturated rings. The van der Waals surface area contributed by atoms with E-state index in [2.05, 4.69) is 0 Å². The minimum absolute atomic E-state index is 0.159. The predicted molar refractivity (Wildman–Crippen MR) is 82.7 cm³/mol. The molecule has 2 N–H and O–H groups in total. The number of fused-ring (bicyclic) bond motifs is 1. The van der Waals surface area contributed by atoms with Crippen molar-refractivity contribution in [2.75, 3.05) is 0 Å². The number of carbonyl (C=O) groups is 2. The summed E-state index contributed by atoms with van der Waals surface area (Å²) in [5.74, 6) is -2.55. The molecule has 3 rings (SSSR count). The summed E-state index contributed by atoms with van der Waals surface area (Å²) in [7, 11) is 0. The van der Waals surface area contributed by atoms with Gasteiger partial charge in [-0.3, -0.25) is 9.59 Å². The van der Waals surface area contributed by atoms with Crippen molar-refractivity contribution in [1.82, 2.24) is 4.90 Å². The van der Waals surface area contributed by atoms with Gasteiger partial charge < -0.3 is 15.1 Å². The van der Waals surface area contributed by atoms with E-state index in [1.54, 1.807) is 23.8 Å². The Hall–Kier alpha value is -2.41. The second kappa shape index (κ2) is 5.66. The van der Waals surface area contributed by atoms with Crippen molar-refractivity contribution in [3.63, 3.8) is 0 Å². The standard InChI is InChI=1S/C16H14FNO4S/c1-8-10(5-15(20)21)11-4-14(19)12(17)6-13(11)18(8)16(22)9-2-3-23-7-9/h2-4,7,13,19H,5-6H2,1H3,(H,20,21). The van der Waals surface area contributed by atoms with E-state index in [-0.39, 0.29) is 18.7 Å². The third-order valence-corrected chi connectivity index (χ3v) is 4.76. The molecule has 0 aromatic carbocycles. The molecule has 23 heavy (non-hydrogen) atoms. The highest BCUT2D eigenvalue weighted by Gasteiger charge is 2.41. The van der Waals surface area contributed by atoms with E-state index in [4.69, 9.17) is 5.11 Å². The van der Waals surface area contributed by atoms with Crippen molar-refractivity contribution in [3.8, 4) is 0 Å². The molecule has 1 amide bonds. The minimum Gasteiger partial charge on any atom is -0.505 e. The topological polar surface area (TPSA) is 77.8 Å². The molecular weight excluding hydrogens is 321 g/mol. The van der Waals surface area contributed by atoms with E-state index >= 15 is 0 Å². The van der Waals surface area contributed by atoms with Gasteiger partial charge >= 0.3 is 5.97 Å². The molecule has 0 saturated heterocycles. The number of amides is 1. The maximum atomic E-state index is 13.8. The van der Waals surface area contributed by atoms with Crippen LogP contribution < -0.4 is 0 Å². The van der Waals surface area contributed by atoms with Crippen LogP contribution in [0.5, 0.6) is 0 Å². The van der Waals surface area contributed by atoms with Crippen molar-refractivity contribution >= 4 is 23.2 Å². The Bertz CT molecular complexity index is 776. The lowest BCUT2D eigenvalue weighted by Crippen LogP contribution is -2.37. The molecule has 2 aliphatic rings. The van der Waals surface area contributed by atoms with Gasteiger partial charge in [0.15, 0.2) is 0 Å². The van der Waals surface area contributed by atoms with Gasteiger partial charge in [0.25, 0.3) is 5.91 Å². The number of hydrogen-bond donors (Lipinski definition) is 2. The first-order valence-corrected chi connectivity index (χ1v) is 7.91. The van der Waals surface area contributed by atoms with Crippen LogP contribution in [0.4, 0.5) is 4.39 Å². The Labute approximate surface area is 135 Å². The Morgan fingerprint density at radius 1 is 1.48 bits per heavy atom. The quantitative estimate of drug-likeness (QED) is 0.887. The van der Waals surface area contributed by atoms with Crippen LogP contribution in [0, 0.1) is 0 Å². The predicted octanol–water partition coefficient (Wildman–Crippen LogP) is 3.39. The number of halogens is 1. The van der Waals surface area contributed by atoms with Gasteiger partial charge in [0.05, 0.1) is 18.0 Å². The molecule has 120 valence electrons. The van der Waals surface area contributed by atoms with E-state index < -0.39 is 23.6 Å². The molecule has 5 nitrogen and oxygen atoms in total. The number of rotatable bonds is 3. The van der Waals surface area contributed by atoms with Crippen molar-refractivity contribution in [3.05, 3.63) is 56.9 Å². The van der Waals surface area contributed by atoms with Gasteiger partial charge in [-0.25, -0.2) is 4.39 Å². The van der Waals surface area contributed by atoms with Crippen LogP contribution >= 0.6 is 11.3 Å². The lowest BCUT2D eigenvalue weighted by atomic mass is 9.92. The fourth-order valence-electron chi connectivity index (χ4n) is 3.01. The molecule has 1 atom stereocenters. The van der Waals surface area contributed by atoms with E-state index in [0.29, 0.717) is 22.4 Å². The number of hydrogen-bond acceptors (Lipinski definition) is 4. The maximum absolute atomic E-state index is 13.8. The zero-order valence-corrected chi connectivity index (χ0v) is 13.1. The van der Waals surface area contributed by atoms with Gasteiger partial charge in [-0.2, -0.15) is 11.3 Å². The summed E-state index contributed by atoms with van der Waals surface area (Å²) in [6.45, 7) is 1.65. The van der Waals surface area contributed by atoms with Gasteiger partial charge in [0.1, 0.15) is 11.6 Å². The number of allylic oxidation sites excluding steroid dienone is 2. The number of aliphatic carboxylic acids is 1. The molecular formula is C16H14FNO4S. The molecule has 1 unspecified atom stereocenters. The van der Waals surface area contributed by atoms with Crippen LogP contribution in [0.15, 0.2) is 51.3 Å². The summed E-state index contributed by atoms with van der Waals surface area (Å²) in [5, 5.41) is 22.2. The molecule has 1 aliphatic carbocycles. The van der Waals surface area contributed by atoms with Gasteiger partial charge in [0, 0.05) is 17.5 Å². The van der Waals surface area contributed by atoms with E-state index in [1.165, 1.54) is 22.3 Å². The van der Waals surface area contributed by atoms with E-state index in [0.717, 1.165) is 0 Å². The summed E-state index contributed by atoms with van der Waals surface area (Å²) in [6, 6.07) is 1.05. The number of carbonyl (C=O) groups excluding carboxylic acids is 1. The first-order valence-electron chi connectivity index (χ1n) is 6.97. The minimum atomic E-state index is -1.04. The zero-order valence-electron chi connectivity index (χ0n) is 12.2. The van der Waals surface area contributed by atoms with Crippen LogP contribution in [0.25, 0.3) is 0 Å². The maximum Gasteiger partial charge on any atom is 0.307 e. The molecule has 0 radical (unpaired) electrons. The number of carboxylic acid groups (broad SMARTS) is 1. The normalized spacial score (nSPS) is 20.7. The monoisotopic (exact) mass is 335 g/mol. The van der Waals surface area contributed by atoms with Crippen LogP contribution in [0.3, 0.4) is 0 Å². The average Bonchev–Trinajstić information content (AvgIpc) is 3.09.